The van der Waals surface area contributed by atoms with Crippen molar-refractivity contribution < 1.29 is 19.4 Å². The third-order valence-electron chi connectivity index (χ3n) is 4.42. The molecule has 1 aliphatic rings. The summed E-state index contributed by atoms with van der Waals surface area (Å²) in [6, 6.07) is 0. The van der Waals surface area contributed by atoms with Crippen LogP contribution >= 0.6 is 0 Å². The summed E-state index contributed by atoms with van der Waals surface area (Å²) in [5.74, 6) is 0.943. The van der Waals surface area contributed by atoms with E-state index in [9.17, 15) is 9.90 Å². The SMILES string of the molecule is CCOC(=O)CC1(C)CCc2c(C)c(O)c(C)c(C)c2O1. The summed E-state index contributed by atoms with van der Waals surface area (Å²) in [6.07, 6.45) is 1.78. The first kappa shape index (κ1) is 15.7. The molecule has 1 unspecified atom stereocenters. The molecule has 21 heavy (non-hydrogen) atoms. The van der Waals surface area contributed by atoms with Crippen LogP contribution in [0.4, 0.5) is 0 Å². The number of esters is 1. The van der Waals surface area contributed by atoms with Crippen molar-refractivity contribution >= 4 is 5.97 Å². The van der Waals surface area contributed by atoms with Crippen LogP contribution in [0.5, 0.6) is 11.5 Å². The average molecular weight is 292 g/mol. The molecule has 0 amide bonds. The number of aromatic hydroxyl groups is 1. The van der Waals surface area contributed by atoms with Crippen LogP contribution in [0.1, 0.15) is 48.9 Å². The molecular formula is C17H24O4. The minimum atomic E-state index is -0.542. The smallest absolute Gasteiger partial charge is 0.309 e. The summed E-state index contributed by atoms with van der Waals surface area (Å²) in [5, 5.41) is 10.2. The number of ether oxygens (including phenoxy) is 2. The first-order chi connectivity index (χ1) is 9.79. The van der Waals surface area contributed by atoms with Crippen LogP contribution in [-0.2, 0) is 16.0 Å². The fourth-order valence-corrected chi connectivity index (χ4v) is 2.94. The van der Waals surface area contributed by atoms with Crippen molar-refractivity contribution in [2.24, 2.45) is 0 Å². The van der Waals surface area contributed by atoms with Gasteiger partial charge in [-0.15, -0.1) is 0 Å². The molecule has 116 valence electrons. The summed E-state index contributed by atoms with van der Waals surface area (Å²) in [6.45, 7) is 9.89. The van der Waals surface area contributed by atoms with Crippen molar-refractivity contribution in [1.82, 2.24) is 0 Å². The molecule has 1 heterocycles. The average Bonchev–Trinajstić information content (AvgIpc) is 2.42. The Balaban J connectivity index is 2.34. The van der Waals surface area contributed by atoms with Gasteiger partial charge >= 0.3 is 5.97 Å². The van der Waals surface area contributed by atoms with Crippen molar-refractivity contribution in [2.45, 2.75) is 59.5 Å². The van der Waals surface area contributed by atoms with Gasteiger partial charge < -0.3 is 14.6 Å². The van der Waals surface area contributed by atoms with E-state index in [1.165, 1.54) is 0 Å². The summed E-state index contributed by atoms with van der Waals surface area (Å²) < 4.78 is 11.2. The van der Waals surface area contributed by atoms with Crippen LogP contribution < -0.4 is 4.74 Å². The maximum absolute atomic E-state index is 11.8. The zero-order valence-electron chi connectivity index (χ0n) is 13.5. The number of carbonyl (C=O) groups is 1. The third kappa shape index (κ3) is 2.85. The second-order valence-corrected chi connectivity index (χ2v) is 6.07. The monoisotopic (exact) mass is 292 g/mol. The van der Waals surface area contributed by atoms with Crippen LogP contribution in [0, 0.1) is 20.8 Å². The molecular weight excluding hydrogens is 268 g/mol. The summed E-state index contributed by atoms with van der Waals surface area (Å²) in [7, 11) is 0. The molecule has 1 atom stereocenters. The molecule has 2 rings (SSSR count). The molecule has 1 aliphatic heterocycles. The summed E-state index contributed by atoms with van der Waals surface area (Å²) >= 11 is 0. The molecule has 0 spiro atoms. The van der Waals surface area contributed by atoms with Gasteiger partial charge in [-0.1, -0.05) is 0 Å². The molecule has 0 saturated carbocycles. The van der Waals surface area contributed by atoms with Gasteiger partial charge in [-0.2, -0.15) is 0 Å². The van der Waals surface area contributed by atoms with E-state index in [4.69, 9.17) is 9.47 Å². The minimum Gasteiger partial charge on any atom is -0.507 e. The molecule has 0 radical (unpaired) electrons. The molecule has 0 aromatic heterocycles. The largest absolute Gasteiger partial charge is 0.507 e. The molecule has 0 bridgehead atoms. The van der Waals surface area contributed by atoms with E-state index in [0.717, 1.165) is 40.8 Å². The van der Waals surface area contributed by atoms with Gasteiger partial charge in [0, 0.05) is 5.56 Å². The van der Waals surface area contributed by atoms with Crippen LogP contribution in [0.3, 0.4) is 0 Å². The lowest BCUT2D eigenvalue weighted by atomic mass is 9.85. The van der Waals surface area contributed by atoms with Gasteiger partial charge in [0.05, 0.1) is 13.0 Å². The highest BCUT2D eigenvalue weighted by Gasteiger charge is 2.36. The molecule has 1 aromatic carbocycles. The van der Waals surface area contributed by atoms with Gasteiger partial charge in [0.1, 0.15) is 17.1 Å². The number of hydrogen-bond donors (Lipinski definition) is 1. The van der Waals surface area contributed by atoms with Gasteiger partial charge in [-0.3, -0.25) is 4.79 Å². The van der Waals surface area contributed by atoms with E-state index in [1.54, 1.807) is 6.92 Å². The number of phenolic OH excluding ortho intramolecular Hbond substituents is 1. The Morgan fingerprint density at radius 3 is 2.57 bits per heavy atom. The molecule has 0 aliphatic carbocycles. The Morgan fingerprint density at radius 1 is 1.29 bits per heavy atom. The fraction of sp³-hybridized carbons (Fsp3) is 0.588. The highest BCUT2D eigenvalue weighted by atomic mass is 16.5. The van der Waals surface area contributed by atoms with Gasteiger partial charge in [-0.25, -0.2) is 0 Å². The predicted octanol–water partition coefficient (Wildman–Crippen LogP) is 3.35. The Bertz CT molecular complexity index is 577. The molecule has 4 nitrogen and oxygen atoms in total. The molecule has 4 heteroatoms. The van der Waals surface area contributed by atoms with Crippen molar-refractivity contribution in [3.63, 3.8) is 0 Å². The van der Waals surface area contributed by atoms with E-state index < -0.39 is 5.60 Å². The van der Waals surface area contributed by atoms with Gasteiger partial charge in [-0.05, 0) is 64.2 Å². The van der Waals surface area contributed by atoms with Crippen molar-refractivity contribution in [2.75, 3.05) is 6.61 Å². The van der Waals surface area contributed by atoms with E-state index in [-0.39, 0.29) is 12.4 Å². The number of rotatable bonds is 3. The molecule has 0 saturated heterocycles. The van der Waals surface area contributed by atoms with Crippen LogP contribution in [-0.4, -0.2) is 23.3 Å². The molecule has 0 fully saturated rings. The second-order valence-electron chi connectivity index (χ2n) is 6.07. The Labute approximate surface area is 126 Å². The fourth-order valence-electron chi connectivity index (χ4n) is 2.94. The number of benzene rings is 1. The Kier molecular flexibility index (Phi) is 4.17. The zero-order valence-corrected chi connectivity index (χ0v) is 13.5. The van der Waals surface area contributed by atoms with Crippen molar-refractivity contribution in [1.29, 1.82) is 0 Å². The lowest BCUT2D eigenvalue weighted by molar-refractivity contribution is -0.147. The van der Waals surface area contributed by atoms with Gasteiger partial charge in [0.25, 0.3) is 0 Å². The third-order valence-corrected chi connectivity index (χ3v) is 4.42. The Morgan fingerprint density at radius 2 is 1.95 bits per heavy atom. The maximum Gasteiger partial charge on any atom is 0.309 e. The highest BCUT2D eigenvalue weighted by molar-refractivity contribution is 5.71. The minimum absolute atomic E-state index is 0.228. The van der Waals surface area contributed by atoms with Crippen molar-refractivity contribution in [3.05, 3.63) is 22.3 Å². The maximum atomic E-state index is 11.8. The number of fused-ring (bicyclic) bond motifs is 1. The second kappa shape index (κ2) is 5.58. The quantitative estimate of drug-likeness (QED) is 0.868. The number of carbonyl (C=O) groups excluding carboxylic acids is 1. The first-order valence-corrected chi connectivity index (χ1v) is 7.45. The molecule has 1 N–H and O–H groups in total. The van der Waals surface area contributed by atoms with Crippen LogP contribution in [0.25, 0.3) is 0 Å². The summed E-state index contributed by atoms with van der Waals surface area (Å²) in [4.78, 5) is 11.8. The van der Waals surface area contributed by atoms with Gasteiger partial charge in [0.15, 0.2) is 0 Å². The van der Waals surface area contributed by atoms with Crippen molar-refractivity contribution in [3.8, 4) is 11.5 Å². The van der Waals surface area contributed by atoms with E-state index in [0.29, 0.717) is 12.4 Å². The lowest BCUT2D eigenvalue weighted by Gasteiger charge is -2.37. The van der Waals surface area contributed by atoms with E-state index in [1.807, 2.05) is 27.7 Å². The highest BCUT2D eigenvalue weighted by Crippen LogP contribution is 2.44. The normalized spacial score (nSPS) is 20.6. The topological polar surface area (TPSA) is 55.8 Å². The first-order valence-electron chi connectivity index (χ1n) is 7.45. The Hall–Kier alpha value is -1.71. The summed E-state index contributed by atoms with van der Waals surface area (Å²) in [5.41, 5.74) is 3.18. The lowest BCUT2D eigenvalue weighted by Crippen LogP contribution is -2.39. The predicted molar refractivity (Wildman–Crippen MR) is 80.9 cm³/mol. The van der Waals surface area contributed by atoms with Crippen LogP contribution in [0.2, 0.25) is 0 Å². The number of hydrogen-bond acceptors (Lipinski definition) is 4. The van der Waals surface area contributed by atoms with E-state index in [2.05, 4.69) is 0 Å². The standard InChI is InChI=1S/C17H24O4/c1-6-20-14(18)9-17(5)8-7-13-12(4)15(19)10(2)11(3)16(13)21-17/h19H,6-9H2,1-5H3. The zero-order chi connectivity index (χ0) is 15.8. The molecule has 1 aromatic rings. The van der Waals surface area contributed by atoms with Gasteiger partial charge in [0.2, 0.25) is 0 Å². The van der Waals surface area contributed by atoms with E-state index >= 15 is 0 Å². The number of phenols is 1. The van der Waals surface area contributed by atoms with Crippen LogP contribution in [0.15, 0.2) is 0 Å².